The molecule has 0 fully saturated rings. The smallest absolute Gasteiger partial charge is 0.296 e. The lowest BCUT2D eigenvalue weighted by Crippen LogP contribution is -2.10. The first-order chi connectivity index (χ1) is 9.16. The normalized spacial score (nSPS) is 12.5. The molecule has 0 aliphatic carbocycles. The summed E-state index contributed by atoms with van der Waals surface area (Å²) in [6, 6.07) is 6.23. The van der Waals surface area contributed by atoms with Crippen LogP contribution in [0.3, 0.4) is 0 Å². The minimum atomic E-state index is -4.94. The molecule has 0 saturated heterocycles. The standard InChI is InChI=1S/C11H8O7S2/c12-6-7-5-10(19(13,14)15)11(20(16,17)18)9-4-2-1-3-8(7)9/h1-6H,(H,13,14,15)(H,16,17,18). The zero-order valence-electron chi connectivity index (χ0n) is 9.72. The second kappa shape index (κ2) is 4.63. The van der Waals surface area contributed by atoms with Crippen LogP contribution in [0.2, 0.25) is 0 Å². The minimum Gasteiger partial charge on any atom is -0.298 e. The molecule has 0 heterocycles. The van der Waals surface area contributed by atoms with E-state index >= 15 is 0 Å². The van der Waals surface area contributed by atoms with Crippen LogP contribution in [0.1, 0.15) is 10.4 Å². The summed E-state index contributed by atoms with van der Waals surface area (Å²) in [6.07, 6.45) is 0.324. The maximum Gasteiger partial charge on any atom is 0.296 e. The molecule has 2 aromatic rings. The van der Waals surface area contributed by atoms with Crippen LogP contribution in [-0.2, 0) is 20.2 Å². The SMILES string of the molecule is O=Cc1cc(S(=O)(=O)O)c(S(=O)(=O)O)c2ccccc12. The Morgan fingerprint density at radius 2 is 1.45 bits per heavy atom. The van der Waals surface area contributed by atoms with Gasteiger partial charge in [-0.15, -0.1) is 0 Å². The molecule has 0 bridgehead atoms. The molecule has 106 valence electrons. The molecule has 0 aliphatic rings. The van der Waals surface area contributed by atoms with Crippen molar-refractivity contribution in [1.82, 2.24) is 0 Å². The van der Waals surface area contributed by atoms with Gasteiger partial charge in [0.2, 0.25) is 0 Å². The van der Waals surface area contributed by atoms with Gasteiger partial charge in [-0.1, -0.05) is 24.3 Å². The third-order valence-corrected chi connectivity index (χ3v) is 4.62. The maximum atomic E-state index is 11.4. The number of carbonyl (C=O) groups is 1. The van der Waals surface area contributed by atoms with Crippen molar-refractivity contribution >= 4 is 37.3 Å². The molecule has 0 radical (unpaired) electrons. The first kappa shape index (κ1) is 14.6. The van der Waals surface area contributed by atoms with Crippen LogP contribution >= 0.6 is 0 Å². The first-order valence-corrected chi connectivity index (χ1v) is 8.00. The minimum absolute atomic E-state index is 0.124. The zero-order chi connectivity index (χ0) is 15.1. The average molecular weight is 316 g/mol. The Balaban J connectivity index is 3.19. The first-order valence-electron chi connectivity index (χ1n) is 5.12. The van der Waals surface area contributed by atoms with Crippen molar-refractivity contribution < 1.29 is 30.7 Å². The van der Waals surface area contributed by atoms with Gasteiger partial charge in [-0.3, -0.25) is 13.9 Å². The van der Waals surface area contributed by atoms with E-state index in [1.165, 1.54) is 24.3 Å². The van der Waals surface area contributed by atoms with E-state index in [0.717, 1.165) is 0 Å². The van der Waals surface area contributed by atoms with Crippen LogP contribution in [0, 0.1) is 0 Å². The van der Waals surface area contributed by atoms with E-state index in [9.17, 15) is 26.2 Å². The van der Waals surface area contributed by atoms with Gasteiger partial charge in [0.1, 0.15) is 9.79 Å². The van der Waals surface area contributed by atoms with Crippen molar-refractivity contribution in [2.45, 2.75) is 9.79 Å². The van der Waals surface area contributed by atoms with E-state index in [1.807, 2.05) is 0 Å². The molecule has 20 heavy (non-hydrogen) atoms. The van der Waals surface area contributed by atoms with Gasteiger partial charge >= 0.3 is 0 Å². The lowest BCUT2D eigenvalue weighted by Gasteiger charge is -2.10. The van der Waals surface area contributed by atoms with Gasteiger partial charge in [-0.05, 0) is 11.5 Å². The fourth-order valence-corrected chi connectivity index (χ4v) is 3.93. The number of hydrogen-bond donors (Lipinski definition) is 2. The van der Waals surface area contributed by atoms with Crippen LogP contribution < -0.4 is 0 Å². The summed E-state index contributed by atoms with van der Waals surface area (Å²) in [5.74, 6) is 0. The molecule has 2 aromatic carbocycles. The van der Waals surface area contributed by atoms with Gasteiger partial charge in [-0.2, -0.15) is 16.8 Å². The molecule has 7 nitrogen and oxygen atoms in total. The fraction of sp³-hybridized carbons (Fsp3) is 0. The molecule has 0 saturated carbocycles. The molecular weight excluding hydrogens is 308 g/mol. The number of rotatable bonds is 3. The molecule has 2 N–H and O–H groups in total. The van der Waals surface area contributed by atoms with E-state index in [4.69, 9.17) is 4.55 Å². The van der Waals surface area contributed by atoms with E-state index in [1.54, 1.807) is 0 Å². The van der Waals surface area contributed by atoms with Gasteiger partial charge < -0.3 is 0 Å². The monoisotopic (exact) mass is 316 g/mol. The van der Waals surface area contributed by atoms with Gasteiger partial charge in [0.15, 0.2) is 6.29 Å². The van der Waals surface area contributed by atoms with E-state index < -0.39 is 30.0 Å². The predicted octanol–water partition coefficient (Wildman–Crippen LogP) is 1.15. The van der Waals surface area contributed by atoms with Gasteiger partial charge in [0.05, 0.1) is 0 Å². The highest BCUT2D eigenvalue weighted by atomic mass is 32.2. The van der Waals surface area contributed by atoms with Crippen molar-refractivity contribution in [2.75, 3.05) is 0 Å². The highest BCUT2D eigenvalue weighted by molar-refractivity contribution is 7.89. The molecule has 0 aromatic heterocycles. The summed E-state index contributed by atoms with van der Waals surface area (Å²) in [7, 11) is -9.86. The van der Waals surface area contributed by atoms with Crippen LogP contribution in [0.25, 0.3) is 10.8 Å². The lowest BCUT2D eigenvalue weighted by atomic mass is 10.1. The molecule has 0 atom stereocenters. The Morgan fingerprint density at radius 3 is 1.90 bits per heavy atom. The highest BCUT2D eigenvalue weighted by Gasteiger charge is 2.27. The molecule has 0 spiro atoms. The lowest BCUT2D eigenvalue weighted by molar-refractivity contribution is 0.112. The Bertz CT molecular complexity index is 911. The van der Waals surface area contributed by atoms with Crippen molar-refractivity contribution in [2.24, 2.45) is 0 Å². The van der Waals surface area contributed by atoms with Crippen molar-refractivity contribution in [1.29, 1.82) is 0 Å². The molecule has 0 unspecified atom stereocenters. The summed E-state index contributed by atoms with van der Waals surface area (Å²) in [6.45, 7) is 0. The van der Waals surface area contributed by atoms with Crippen LogP contribution in [0.4, 0.5) is 0 Å². The van der Waals surface area contributed by atoms with E-state index in [0.29, 0.717) is 12.4 Å². The van der Waals surface area contributed by atoms with Crippen molar-refractivity contribution in [3.05, 3.63) is 35.9 Å². The number of carbonyl (C=O) groups excluding carboxylic acids is 1. The molecular formula is C11H8O7S2. The second-order valence-corrected chi connectivity index (χ2v) is 6.65. The highest BCUT2D eigenvalue weighted by Crippen LogP contribution is 2.31. The molecule has 9 heteroatoms. The van der Waals surface area contributed by atoms with Crippen molar-refractivity contribution in [3.63, 3.8) is 0 Å². The van der Waals surface area contributed by atoms with Crippen molar-refractivity contribution in [3.8, 4) is 0 Å². The maximum absolute atomic E-state index is 11.4. The zero-order valence-corrected chi connectivity index (χ0v) is 11.3. The number of aldehydes is 1. The number of benzene rings is 2. The van der Waals surface area contributed by atoms with Crippen LogP contribution in [0.15, 0.2) is 40.1 Å². The Labute approximate surface area is 114 Å². The average Bonchev–Trinajstić information content (AvgIpc) is 2.34. The second-order valence-electron chi connectivity index (χ2n) is 3.91. The van der Waals surface area contributed by atoms with Crippen LogP contribution in [0.5, 0.6) is 0 Å². The Kier molecular flexibility index (Phi) is 3.38. The predicted molar refractivity (Wildman–Crippen MR) is 69.0 cm³/mol. The summed E-state index contributed by atoms with van der Waals surface area (Å²) < 4.78 is 63.7. The Hall–Kier alpha value is -1.81. The molecule has 0 aliphatic heterocycles. The summed E-state index contributed by atoms with van der Waals surface area (Å²) in [5.41, 5.74) is -0.124. The third kappa shape index (κ3) is 2.43. The van der Waals surface area contributed by atoms with Gasteiger partial charge in [0, 0.05) is 10.9 Å². The topological polar surface area (TPSA) is 126 Å². The van der Waals surface area contributed by atoms with E-state index in [2.05, 4.69) is 0 Å². The number of fused-ring (bicyclic) bond motifs is 1. The number of hydrogen-bond acceptors (Lipinski definition) is 5. The molecule has 0 amide bonds. The largest absolute Gasteiger partial charge is 0.298 e. The summed E-state index contributed by atoms with van der Waals surface area (Å²) in [4.78, 5) is 8.97. The van der Waals surface area contributed by atoms with Gasteiger partial charge in [-0.25, -0.2) is 0 Å². The third-order valence-electron chi connectivity index (χ3n) is 2.66. The molecule has 2 rings (SSSR count). The summed E-state index contributed by atoms with van der Waals surface area (Å²) >= 11 is 0. The summed E-state index contributed by atoms with van der Waals surface area (Å²) in [5, 5.41) is -0.0326. The quantitative estimate of drug-likeness (QED) is 0.642. The van der Waals surface area contributed by atoms with Gasteiger partial charge in [0.25, 0.3) is 20.2 Å². The Morgan fingerprint density at radius 1 is 0.900 bits per heavy atom. The van der Waals surface area contributed by atoms with E-state index in [-0.39, 0.29) is 16.3 Å². The van der Waals surface area contributed by atoms with Crippen LogP contribution in [-0.4, -0.2) is 32.2 Å². The fourth-order valence-electron chi connectivity index (χ4n) is 1.91.